The van der Waals surface area contributed by atoms with Gasteiger partial charge in [0.25, 0.3) is 5.91 Å². The summed E-state index contributed by atoms with van der Waals surface area (Å²) < 4.78 is 0. The summed E-state index contributed by atoms with van der Waals surface area (Å²) in [4.78, 5) is 17.9. The first kappa shape index (κ1) is 12.5. The van der Waals surface area contributed by atoms with Crippen LogP contribution in [0.25, 0.3) is 0 Å². The molecule has 0 saturated carbocycles. The molecule has 1 amide bonds. The van der Waals surface area contributed by atoms with Gasteiger partial charge in [-0.1, -0.05) is 0 Å². The van der Waals surface area contributed by atoms with Crippen molar-refractivity contribution in [2.45, 2.75) is 12.8 Å². The number of likely N-dealkylation sites (tertiary alicyclic amines) is 1. The fourth-order valence-electron chi connectivity index (χ4n) is 2.07. The van der Waals surface area contributed by atoms with E-state index in [0.29, 0.717) is 30.3 Å². The van der Waals surface area contributed by atoms with Crippen LogP contribution >= 0.6 is 0 Å². The average molecular weight is 245 g/mol. The molecule has 2 heterocycles. The Hall–Kier alpha value is -1.93. The first-order valence-electron chi connectivity index (χ1n) is 6.01. The van der Waals surface area contributed by atoms with Gasteiger partial charge in [0.1, 0.15) is 11.8 Å². The SMILES string of the molecule is N#Cc1ccc(C(=O)N2CCC(CO)CC2)nc1. The Kier molecular flexibility index (Phi) is 3.90. The number of hydrogen-bond donors (Lipinski definition) is 1. The molecule has 1 N–H and O–H groups in total. The van der Waals surface area contributed by atoms with E-state index < -0.39 is 0 Å². The van der Waals surface area contributed by atoms with Crippen molar-refractivity contribution < 1.29 is 9.90 Å². The van der Waals surface area contributed by atoms with Crippen LogP contribution in [0, 0.1) is 17.2 Å². The lowest BCUT2D eigenvalue weighted by Crippen LogP contribution is -2.39. The van der Waals surface area contributed by atoms with Crippen LogP contribution in [0.1, 0.15) is 28.9 Å². The van der Waals surface area contributed by atoms with Gasteiger partial charge in [0, 0.05) is 25.9 Å². The molecule has 18 heavy (non-hydrogen) atoms. The van der Waals surface area contributed by atoms with Crippen molar-refractivity contribution in [3.63, 3.8) is 0 Å². The zero-order valence-corrected chi connectivity index (χ0v) is 10.0. The van der Waals surface area contributed by atoms with Crippen LogP contribution in [0.3, 0.4) is 0 Å². The van der Waals surface area contributed by atoms with Crippen LogP contribution in [0.4, 0.5) is 0 Å². The third-order valence-corrected chi connectivity index (χ3v) is 3.27. The summed E-state index contributed by atoms with van der Waals surface area (Å²) in [7, 11) is 0. The normalized spacial score (nSPS) is 16.3. The highest BCUT2D eigenvalue weighted by Gasteiger charge is 2.23. The van der Waals surface area contributed by atoms with Crippen molar-refractivity contribution in [3.05, 3.63) is 29.6 Å². The molecule has 0 atom stereocenters. The van der Waals surface area contributed by atoms with Gasteiger partial charge in [-0.05, 0) is 30.9 Å². The summed E-state index contributed by atoms with van der Waals surface area (Å²) in [5.74, 6) is 0.207. The molecule has 0 unspecified atom stereocenters. The lowest BCUT2D eigenvalue weighted by molar-refractivity contribution is 0.0645. The lowest BCUT2D eigenvalue weighted by atomic mass is 9.98. The average Bonchev–Trinajstić information content (AvgIpc) is 2.47. The number of carbonyl (C=O) groups excluding carboxylic acids is 1. The predicted molar refractivity (Wildman–Crippen MR) is 64.7 cm³/mol. The fraction of sp³-hybridized carbons (Fsp3) is 0.462. The number of aromatic nitrogens is 1. The maximum atomic E-state index is 12.1. The van der Waals surface area contributed by atoms with Crippen LogP contribution in [-0.2, 0) is 0 Å². The molecule has 5 nitrogen and oxygen atoms in total. The van der Waals surface area contributed by atoms with Gasteiger partial charge in [0.2, 0.25) is 0 Å². The number of aliphatic hydroxyl groups is 1. The van der Waals surface area contributed by atoms with Gasteiger partial charge in [0.15, 0.2) is 0 Å². The third-order valence-electron chi connectivity index (χ3n) is 3.27. The second-order valence-corrected chi connectivity index (χ2v) is 4.46. The number of amides is 1. The van der Waals surface area contributed by atoms with Gasteiger partial charge in [-0.2, -0.15) is 5.26 Å². The van der Waals surface area contributed by atoms with Crippen molar-refractivity contribution >= 4 is 5.91 Å². The van der Waals surface area contributed by atoms with Crippen molar-refractivity contribution in [2.24, 2.45) is 5.92 Å². The fourth-order valence-corrected chi connectivity index (χ4v) is 2.07. The Morgan fingerprint density at radius 3 is 2.72 bits per heavy atom. The van der Waals surface area contributed by atoms with Crippen LogP contribution in [0.15, 0.2) is 18.3 Å². The number of nitriles is 1. The minimum absolute atomic E-state index is 0.101. The van der Waals surface area contributed by atoms with Crippen molar-refractivity contribution in [3.8, 4) is 6.07 Å². The molecule has 2 rings (SSSR count). The molecular formula is C13H15N3O2. The van der Waals surface area contributed by atoms with E-state index in [-0.39, 0.29) is 12.5 Å². The third kappa shape index (κ3) is 2.66. The Bertz CT molecular complexity index is 456. The summed E-state index contributed by atoms with van der Waals surface area (Å²) in [6.07, 6.45) is 3.07. The van der Waals surface area contributed by atoms with Crippen molar-refractivity contribution in [2.75, 3.05) is 19.7 Å². The molecule has 0 aromatic carbocycles. The molecular weight excluding hydrogens is 230 g/mol. The maximum absolute atomic E-state index is 12.1. The van der Waals surface area contributed by atoms with E-state index in [1.807, 2.05) is 6.07 Å². The Morgan fingerprint density at radius 1 is 1.50 bits per heavy atom. The van der Waals surface area contributed by atoms with Gasteiger partial charge >= 0.3 is 0 Å². The number of nitrogens with zero attached hydrogens (tertiary/aromatic N) is 3. The number of rotatable bonds is 2. The lowest BCUT2D eigenvalue weighted by Gasteiger charge is -2.30. The van der Waals surface area contributed by atoms with E-state index in [0.717, 1.165) is 12.8 Å². The molecule has 0 bridgehead atoms. The molecule has 0 aliphatic carbocycles. The Balaban J connectivity index is 2.01. The monoisotopic (exact) mass is 245 g/mol. The van der Waals surface area contributed by atoms with Crippen LogP contribution in [-0.4, -0.2) is 40.6 Å². The number of piperidine rings is 1. The summed E-state index contributed by atoms with van der Waals surface area (Å²) in [6, 6.07) is 5.15. The number of hydrogen-bond acceptors (Lipinski definition) is 4. The van der Waals surface area contributed by atoms with Crippen LogP contribution in [0.2, 0.25) is 0 Å². The molecule has 1 aliphatic heterocycles. The van der Waals surface area contributed by atoms with E-state index in [9.17, 15) is 4.79 Å². The minimum atomic E-state index is -0.101. The summed E-state index contributed by atoms with van der Waals surface area (Å²) >= 11 is 0. The smallest absolute Gasteiger partial charge is 0.272 e. The Morgan fingerprint density at radius 2 is 2.22 bits per heavy atom. The molecule has 1 aromatic rings. The standard InChI is InChI=1S/C13H15N3O2/c14-7-11-1-2-12(15-8-11)13(18)16-5-3-10(9-17)4-6-16/h1-2,8,10,17H,3-6,9H2. The van der Waals surface area contributed by atoms with Gasteiger partial charge < -0.3 is 10.0 Å². The van der Waals surface area contributed by atoms with Crippen molar-refractivity contribution in [1.82, 2.24) is 9.88 Å². The largest absolute Gasteiger partial charge is 0.396 e. The highest BCUT2D eigenvalue weighted by molar-refractivity contribution is 5.92. The second kappa shape index (κ2) is 5.61. The van der Waals surface area contributed by atoms with Gasteiger partial charge in [-0.25, -0.2) is 4.98 Å². The van der Waals surface area contributed by atoms with E-state index in [4.69, 9.17) is 10.4 Å². The van der Waals surface area contributed by atoms with Gasteiger partial charge in [0.05, 0.1) is 5.56 Å². The van der Waals surface area contributed by atoms with Crippen LogP contribution in [0.5, 0.6) is 0 Å². The maximum Gasteiger partial charge on any atom is 0.272 e. The molecule has 1 fully saturated rings. The number of aliphatic hydroxyl groups excluding tert-OH is 1. The molecule has 1 aliphatic rings. The second-order valence-electron chi connectivity index (χ2n) is 4.46. The summed E-state index contributed by atoms with van der Waals surface area (Å²) in [5.41, 5.74) is 0.821. The van der Waals surface area contributed by atoms with Crippen LogP contribution < -0.4 is 0 Å². The van der Waals surface area contributed by atoms with Crippen molar-refractivity contribution in [1.29, 1.82) is 5.26 Å². The van der Waals surface area contributed by atoms with E-state index in [1.54, 1.807) is 17.0 Å². The molecule has 1 aromatic heterocycles. The topological polar surface area (TPSA) is 77.2 Å². The molecule has 94 valence electrons. The zero-order valence-electron chi connectivity index (χ0n) is 10.0. The molecule has 1 saturated heterocycles. The highest BCUT2D eigenvalue weighted by Crippen LogP contribution is 2.17. The minimum Gasteiger partial charge on any atom is -0.396 e. The number of carbonyl (C=O) groups is 1. The van der Waals surface area contributed by atoms with Gasteiger partial charge in [-0.15, -0.1) is 0 Å². The zero-order chi connectivity index (χ0) is 13.0. The Labute approximate surface area is 106 Å². The molecule has 5 heteroatoms. The summed E-state index contributed by atoms with van der Waals surface area (Å²) in [6.45, 7) is 1.51. The van der Waals surface area contributed by atoms with E-state index >= 15 is 0 Å². The first-order chi connectivity index (χ1) is 8.74. The number of pyridine rings is 1. The highest BCUT2D eigenvalue weighted by atomic mass is 16.3. The predicted octanol–water partition coefficient (Wildman–Crippen LogP) is 0.798. The first-order valence-corrected chi connectivity index (χ1v) is 6.01. The van der Waals surface area contributed by atoms with E-state index in [2.05, 4.69) is 4.98 Å². The summed E-state index contributed by atoms with van der Waals surface area (Å²) in [5, 5.41) is 17.7. The molecule has 0 radical (unpaired) electrons. The molecule has 0 spiro atoms. The van der Waals surface area contributed by atoms with E-state index in [1.165, 1.54) is 6.20 Å². The quantitative estimate of drug-likeness (QED) is 0.836. The van der Waals surface area contributed by atoms with Gasteiger partial charge in [-0.3, -0.25) is 4.79 Å².